The molecule has 27 heavy (non-hydrogen) atoms. The van der Waals surface area contributed by atoms with Gasteiger partial charge in [0, 0.05) is 0 Å². The van der Waals surface area contributed by atoms with Gasteiger partial charge in [0.15, 0.2) is 6.04 Å². The summed E-state index contributed by atoms with van der Waals surface area (Å²) in [5.41, 5.74) is 6.47. The second-order valence-electron chi connectivity index (χ2n) is 6.58. The Morgan fingerprint density at radius 3 is 2.30 bits per heavy atom. The van der Waals surface area contributed by atoms with Gasteiger partial charge in [0.1, 0.15) is 30.2 Å². The Hall–Kier alpha value is -2.24. The van der Waals surface area contributed by atoms with Gasteiger partial charge in [-0.15, -0.1) is 0 Å². The molecule has 1 amide bonds. The van der Waals surface area contributed by atoms with Gasteiger partial charge in [-0.2, -0.15) is 0 Å². The lowest BCUT2D eigenvalue weighted by atomic mass is 9.91. The first kappa shape index (κ1) is 21.1. The molecule has 7 unspecified atom stereocenters. The van der Waals surface area contributed by atoms with Crippen molar-refractivity contribution in [3.8, 4) is 5.75 Å². The van der Waals surface area contributed by atoms with Gasteiger partial charge in [0.05, 0.1) is 12.1 Å². The molecule has 1 aliphatic heterocycles. The van der Waals surface area contributed by atoms with Crippen LogP contribution >= 0.6 is 0 Å². The molecule has 8 N–H and O–H groups in total. The van der Waals surface area contributed by atoms with E-state index in [1.807, 2.05) is 0 Å². The number of nitrogens with two attached hydrogens (primary N) is 1. The number of aliphatic hydroxyl groups excluding tert-OH is 3. The van der Waals surface area contributed by atoms with E-state index in [0.29, 0.717) is 5.56 Å². The van der Waals surface area contributed by atoms with Crippen molar-refractivity contribution >= 4 is 11.9 Å². The van der Waals surface area contributed by atoms with Crippen LogP contribution in [0, 0.1) is 0 Å². The Bertz CT molecular complexity index is 667. The van der Waals surface area contributed by atoms with Crippen LogP contribution < -0.4 is 11.1 Å². The van der Waals surface area contributed by atoms with Crippen LogP contribution in [0.1, 0.15) is 12.5 Å². The van der Waals surface area contributed by atoms with Gasteiger partial charge in [-0.05, 0) is 31.0 Å². The maximum absolute atomic E-state index is 12.3. The number of nitrogens with one attached hydrogen (secondary N) is 1. The number of hydrogen-bond acceptors (Lipinski definition) is 8. The van der Waals surface area contributed by atoms with Crippen LogP contribution in [-0.2, 0) is 20.7 Å². The van der Waals surface area contributed by atoms with Crippen LogP contribution in [0.2, 0.25) is 0 Å². The lowest BCUT2D eigenvalue weighted by molar-refractivity contribution is -0.225. The number of carbonyl (C=O) groups is 2. The number of benzene rings is 1. The topological polar surface area (TPSA) is 183 Å². The number of phenolic OH excluding ortho intramolecular Hbond substituents is 1. The monoisotopic (exact) mass is 384 g/mol. The number of amides is 1. The second kappa shape index (κ2) is 8.63. The van der Waals surface area contributed by atoms with Gasteiger partial charge in [-0.3, -0.25) is 4.79 Å². The molecule has 10 nitrogen and oxygen atoms in total. The van der Waals surface area contributed by atoms with Gasteiger partial charge in [-0.1, -0.05) is 12.1 Å². The smallest absolute Gasteiger partial charge is 0.329 e. The highest BCUT2D eigenvalue weighted by molar-refractivity contribution is 5.87. The van der Waals surface area contributed by atoms with E-state index in [2.05, 4.69) is 5.32 Å². The minimum atomic E-state index is -1.72. The van der Waals surface area contributed by atoms with Gasteiger partial charge < -0.3 is 41.3 Å². The zero-order chi connectivity index (χ0) is 20.3. The third-order valence-electron chi connectivity index (χ3n) is 4.51. The molecular formula is C17H24N2O8. The Morgan fingerprint density at radius 2 is 1.74 bits per heavy atom. The minimum Gasteiger partial charge on any atom is -0.508 e. The largest absolute Gasteiger partial charge is 0.508 e. The summed E-state index contributed by atoms with van der Waals surface area (Å²) in [4.78, 5) is 23.9. The van der Waals surface area contributed by atoms with Crippen molar-refractivity contribution < 1.29 is 39.9 Å². The first-order chi connectivity index (χ1) is 12.6. The number of rotatable bonds is 6. The predicted octanol–water partition coefficient (Wildman–Crippen LogP) is -2.30. The molecule has 1 aromatic carbocycles. The summed E-state index contributed by atoms with van der Waals surface area (Å²) in [6.45, 7) is 1.41. The van der Waals surface area contributed by atoms with E-state index >= 15 is 0 Å². The van der Waals surface area contributed by atoms with Crippen molar-refractivity contribution in [1.29, 1.82) is 0 Å². The lowest BCUT2D eigenvalue weighted by Gasteiger charge is -2.41. The van der Waals surface area contributed by atoms with Gasteiger partial charge in [0.2, 0.25) is 5.91 Å². The lowest BCUT2D eigenvalue weighted by Crippen LogP contribution is -2.65. The summed E-state index contributed by atoms with van der Waals surface area (Å²) in [6, 6.07) is 3.24. The highest BCUT2D eigenvalue weighted by Gasteiger charge is 2.47. The zero-order valence-electron chi connectivity index (χ0n) is 14.6. The number of aromatic hydroxyl groups is 1. The number of aliphatic hydroxyl groups is 3. The fourth-order valence-electron chi connectivity index (χ4n) is 2.88. The van der Waals surface area contributed by atoms with E-state index < -0.39 is 54.5 Å². The molecular weight excluding hydrogens is 360 g/mol. The summed E-state index contributed by atoms with van der Waals surface area (Å²) in [7, 11) is 0. The summed E-state index contributed by atoms with van der Waals surface area (Å²) in [5, 5.41) is 50.5. The van der Waals surface area contributed by atoms with Crippen LogP contribution in [0.3, 0.4) is 0 Å². The molecule has 2 rings (SSSR count). The molecule has 150 valence electrons. The molecule has 0 bridgehead atoms. The Balaban J connectivity index is 2.07. The highest BCUT2D eigenvalue weighted by Crippen LogP contribution is 2.23. The third-order valence-corrected chi connectivity index (χ3v) is 4.51. The van der Waals surface area contributed by atoms with Gasteiger partial charge in [-0.25, -0.2) is 4.79 Å². The molecule has 1 saturated heterocycles. The highest BCUT2D eigenvalue weighted by atomic mass is 16.5. The van der Waals surface area contributed by atoms with Crippen molar-refractivity contribution in [3.05, 3.63) is 29.8 Å². The van der Waals surface area contributed by atoms with Crippen LogP contribution in [0.25, 0.3) is 0 Å². The standard InChI is InChI=1S/C17H24N2O8/c1-7-12(21)13(22)14(23)15(27-7)11(17(25)26)19-16(24)10(18)6-8-2-4-9(20)5-3-8/h2-5,7,10-15,20-23H,6,18H2,1H3,(H,19,24)(H,25,26). The molecule has 0 aromatic heterocycles. The first-order valence-corrected chi connectivity index (χ1v) is 8.38. The maximum Gasteiger partial charge on any atom is 0.329 e. The average Bonchev–Trinajstić information content (AvgIpc) is 2.62. The van der Waals surface area contributed by atoms with Crippen molar-refractivity contribution in [2.75, 3.05) is 0 Å². The Morgan fingerprint density at radius 1 is 1.15 bits per heavy atom. The van der Waals surface area contributed by atoms with Crippen molar-refractivity contribution in [2.45, 2.75) is 55.9 Å². The summed E-state index contributed by atoms with van der Waals surface area (Å²) in [5.74, 6) is -2.22. The van der Waals surface area contributed by atoms with E-state index in [0.717, 1.165) is 0 Å². The van der Waals surface area contributed by atoms with Gasteiger partial charge >= 0.3 is 5.97 Å². The molecule has 0 aliphatic carbocycles. The SMILES string of the molecule is CC1OC(C(NC(=O)C(N)Cc2ccc(O)cc2)C(=O)O)C(O)C(O)C1O. The molecule has 10 heteroatoms. The zero-order valence-corrected chi connectivity index (χ0v) is 14.6. The molecule has 1 fully saturated rings. The Kier molecular flexibility index (Phi) is 6.73. The minimum absolute atomic E-state index is 0.0565. The number of carboxylic acids is 1. The quantitative estimate of drug-likeness (QED) is 0.283. The fourth-order valence-corrected chi connectivity index (χ4v) is 2.88. The molecule has 1 aromatic rings. The van der Waals surface area contributed by atoms with Gasteiger partial charge in [0.25, 0.3) is 0 Å². The van der Waals surface area contributed by atoms with E-state index in [-0.39, 0.29) is 12.2 Å². The second-order valence-corrected chi connectivity index (χ2v) is 6.58. The third kappa shape index (κ3) is 4.93. The van der Waals surface area contributed by atoms with Crippen LogP contribution in [-0.4, -0.2) is 80.0 Å². The van der Waals surface area contributed by atoms with Crippen LogP contribution in [0.5, 0.6) is 5.75 Å². The number of ether oxygens (including phenoxy) is 1. The molecule has 1 aliphatic rings. The summed E-state index contributed by atoms with van der Waals surface area (Å²) >= 11 is 0. The number of hydrogen-bond donors (Lipinski definition) is 7. The van der Waals surface area contributed by atoms with Crippen molar-refractivity contribution in [3.63, 3.8) is 0 Å². The van der Waals surface area contributed by atoms with E-state index in [9.17, 15) is 35.1 Å². The van der Waals surface area contributed by atoms with Crippen molar-refractivity contribution in [2.24, 2.45) is 5.73 Å². The number of carbonyl (C=O) groups excluding carboxylic acids is 1. The number of aliphatic carboxylic acids is 1. The average molecular weight is 384 g/mol. The van der Waals surface area contributed by atoms with E-state index in [4.69, 9.17) is 10.5 Å². The maximum atomic E-state index is 12.3. The fraction of sp³-hybridized carbons (Fsp3) is 0.529. The molecule has 1 heterocycles. The van der Waals surface area contributed by atoms with E-state index in [1.165, 1.54) is 19.1 Å². The number of phenols is 1. The molecule has 0 spiro atoms. The van der Waals surface area contributed by atoms with Crippen LogP contribution in [0.15, 0.2) is 24.3 Å². The summed E-state index contributed by atoms with van der Waals surface area (Å²) < 4.78 is 5.29. The molecule has 0 radical (unpaired) electrons. The van der Waals surface area contributed by atoms with Crippen molar-refractivity contribution in [1.82, 2.24) is 5.32 Å². The van der Waals surface area contributed by atoms with E-state index in [1.54, 1.807) is 12.1 Å². The Labute approximate surface area is 155 Å². The molecule has 0 saturated carbocycles. The normalized spacial score (nSPS) is 30.3. The summed E-state index contributed by atoms with van der Waals surface area (Å²) in [6.07, 6.45) is -7.06. The predicted molar refractivity (Wildman–Crippen MR) is 91.7 cm³/mol. The number of carboxylic acid groups (broad SMARTS) is 1. The molecule has 7 atom stereocenters. The first-order valence-electron chi connectivity index (χ1n) is 8.38. The van der Waals surface area contributed by atoms with Crippen LogP contribution in [0.4, 0.5) is 0 Å².